The van der Waals surface area contributed by atoms with Crippen LogP contribution in [0.15, 0.2) is 36.7 Å². The van der Waals surface area contributed by atoms with Crippen molar-refractivity contribution in [1.82, 2.24) is 9.78 Å². The molecule has 0 radical (unpaired) electrons. The third-order valence-electron chi connectivity index (χ3n) is 3.53. The number of amides is 1. The second-order valence-electron chi connectivity index (χ2n) is 5.35. The smallest absolute Gasteiger partial charge is 0.262 e. The molecule has 0 bridgehead atoms. The van der Waals surface area contributed by atoms with Crippen LogP contribution in [0.5, 0.6) is 5.75 Å². The molecule has 1 aliphatic heterocycles. The van der Waals surface area contributed by atoms with E-state index in [1.165, 1.54) is 0 Å². The number of halogens is 1. The van der Waals surface area contributed by atoms with Gasteiger partial charge < -0.3 is 14.8 Å². The number of para-hydroxylation sites is 1. The molecule has 3 rings (SSSR count). The number of nitrogens with zero attached hydrogens (tertiary/aromatic N) is 2. The maximum atomic E-state index is 11.9. The van der Waals surface area contributed by atoms with Crippen LogP contribution in [-0.2, 0) is 16.1 Å². The molecule has 1 aromatic carbocycles. The minimum Gasteiger partial charge on any atom is -0.482 e. The van der Waals surface area contributed by atoms with Gasteiger partial charge in [-0.2, -0.15) is 5.10 Å². The van der Waals surface area contributed by atoms with Gasteiger partial charge in [0, 0.05) is 12.8 Å². The maximum Gasteiger partial charge on any atom is 0.262 e. The van der Waals surface area contributed by atoms with Crippen molar-refractivity contribution in [3.8, 4) is 5.75 Å². The van der Waals surface area contributed by atoms with Crippen LogP contribution < -0.4 is 10.1 Å². The van der Waals surface area contributed by atoms with Crippen molar-refractivity contribution in [2.45, 2.75) is 25.5 Å². The van der Waals surface area contributed by atoms with E-state index < -0.39 is 0 Å². The highest BCUT2D eigenvalue weighted by Crippen LogP contribution is 2.23. The highest BCUT2D eigenvalue weighted by Gasteiger charge is 2.16. The average Bonchev–Trinajstić information content (AvgIpc) is 3.19. The van der Waals surface area contributed by atoms with Crippen molar-refractivity contribution in [2.24, 2.45) is 0 Å². The van der Waals surface area contributed by atoms with E-state index in [0.29, 0.717) is 23.0 Å². The van der Waals surface area contributed by atoms with Gasteiger partial charge >= 0.3 is 0 Å². The van der Waals surface area contributed by atoms with E-state index in [2.05, 4.69) is 10.4 Å². The lowest BCUT2D eigenvalue weighted by Gasteiger charge is -2.09. The molecule has 1 aliphatic rings. The van der Waals surface area contributed by atoms with Crippen molar-refractivity contribution in [3.05, 3.63) is 41.7 Å². The molecule has 2 heterocycles. The largest absolute Gasteiger partial charge is 0.482 e. The van der Waals surface area contributed by atoms with Gasteiger partial charge in [-0.3, -0.25) is 9.48 Å². The first-order valence-electron chi connectivity index (χ1n) is 7.52. The quantitative estimate of drug-likeness (QED) is 0.881. The molecular weight excluding hydrogens is 318 g/mol. The highest BCUT2D eigenvalue weighted by atomic mass is 35.5. The molecule has 23 heavy (non-hydrogen) atoms. The summed E-state index contributed by atoms with van der Waals surface area (Å²) in [6, 6.07) is 7.03. The van der Waals surface area contributed by atoms with E-state index in [-0.39, 0.29) is 18.6 Å². The van der Waals surface area contributed by atoms with Gasteiger partial charge in [-0.25, -0.2) is 0 Å². The van der Waals surface area contributed by atoms with E-state index in [1.807, 2.05) is 0 Å². The van der Waals surface area contributed by atoms with Crippen molar-refractivity contribution < 1.29 is 14.3 Å². The van der Waals surface area contributed by atoms with Gasteiger partial charge in [-0.1, -0.05) is 23.7 Å². The topological polar surface area (TPSA) is 65.4 Å². The SMILES string of the molecule is O=C(COc1ccccc1Cl)Nc1cnn(CC2CCCO2)c1. The Balaban J connectivity index is 1.48. The zero-order valence-corrected chi connectivity index (χ0v) is 13.3. The summed E-state index contributed by atoms with van der Waals surface area (Å²) in [6.45, 7) is 1.40. The number of carbonyl (C=O) groups is 1. The Hall–Kier alpha value is -2.05. The Kier molecular flexibility index (Phi) is 5.15. The summed E-state index contributed by atoms with van der Waals surface area (Å²) in [5.41, 5.74) is 0.635. The fourth-order valence-electron chi connectivity index (χ4n) is 2.43. The summed E-state index contributed by atoms with van der Waals surface area (Å²) >= 11 is 5.97. The van der Waals surface area contributed by atoms with E-state index in [1.54, 1.807) is 41.3 Å². The molecule has 1 N–H and O–H groups in total. The van der Waals surface area contributed by atoms with Crippen LogP contribution in [0.1, 0.15) is 12.8 Å². The highest BCUT2D eigenvalue weighted by molar-refractivity contribution is 6.32. The lowest BCUT2D eigenvalue weighted by Crippen LogP contribution is -2.20. The van der Waals surface area contributed by atoms with Crippen LogP contribution in [0.25, 0.3) is 0 Å². The van der Waals surface area contributed by atoms with Crippen LogP contribution >= 0.6 is 11.6 Å². The number of ether oxygens (including phenoxy) is 2. The van der Waals surface area contributed by atoms with Gasteiger partial charge in [0.25, 0.3) is 5.91 Å². The van der Waals surface area contributed by atoms with Gasteiger partial charge in [-0.05, 0) is 25.0 Å². The first-order chi connectivity index (χ1) is 11.2. The molecular formula is C16H18ClN3O3. The number of nitrogens with one attached hydrogen (secondary N) is 1. The van der Waals surface area contributed by atoms with Crippen molar-refractivity contribution in [1.29, 1.82) is 0 Å². The van der Waals surface area contributed by atoms with Gasteiger partial charge in [0.1, 0.15) is 5.75 Å². The van der Waals surface area contributed by atoms with Crippen molar-refractivity contribution >= 4 is 23.2 Å². The fourth-order valence-corrected chi connectivity index (χ4v) is 2.62. The molecule has 1 aromatic heterocycles. The van der Waals surface area contributed by atoms with E-state index in [4.69, 9.17) is 21.1 Å². The van der Waals surface area contributed by atoms with Gasteiger partial charge in [0.05, 0.1) is 29.6 Å². The Morgan fingerprint density at radius 1 is 1.48 bits per heavy atom. The average molecular weight is 336 g/mol. The summed E-state index contributed by atoms with van der Waals surface area (Å²) in [6.07, 6.45) is 5.75. The zero-order chi connectivity index (χ0) is 16.1. The number of rotatable bonds is 6. The second kappa shape index (κ2) is 7.48. The molecule has 7 heteroatoms. The van der Waals surface area contributed by atoms with Crippen molar-refractivity contribution in [3.63, 3.8) is 0 Å². The summed E-state index contributed by atoms with van der Waals surface area (Å²) < 4.78 is 12.7. The second-order valence-corrected chi connectivity index (χ2v) is 5.76. The van der Waals surface area contributed by atoms with Crippen LogP contribution in [0.3, 0.4) is 0 Å². The Morgan fingerprint density at radius 2 is 2.35 bits per heavy atom. The molecule has 0 saturated carbocycles. The number of hydrogen-bond donors (Lipinski definition) is 1. The molecule has 122 valence electrons. The molecule has 0 aliphatic carbocycles. The third-order valence-corrected chi connectivity index (χ3v) is 3.84. The predicted octanol–water partition coefficient (Wildman–Crippen LogP) is 2.73. The summed E-state index contributed by atoms with van der Waals surface area (Å²) in [5, 5.41) is 7.45. The standard InChI is InChI=1S/C16H18ClN3O3/c17-14-5-1-2-6-15(14)23-11-16(21)19-12-8-18-20(9-12)10-13-4-3-7-22-13/h1-2,5-6,8-9,13H,3-4,7,10-11H2,(H,19,21). The Labute approximate surface area is 139 Å². The molecule has 6 nitrogen and oxygen atoms in total. The monoisotopic (exact) mass is 335 g/mol. The van der Waals surface area contributed by atoms with Gasteiger partial charge in [0.15, 0.2) is 6.61 Å². The van der Waals surface area contributed by atoms with E-state index in [9.17, 15) is 4.79 Å². The minimum absolute atomic E-state index is 0.110. The first kappa shape index (κ1) is 15.8. The summed E-state index contributed by atoms with van der Waals surface area (Å²) in [7, 11) is 0. The summed E-state index contributed by atoms with van der Waals surface area (Å²) in [5.74, 6) is 0.222. The van der Waals surface area contributed by atoms with Crippen LogP contribution in [0.2, 0.25) is 5.02 Å². The number of carbonyl (C=O) groups excluding carboxylic acids is 1. The molecule has 1 unspecified atom stereocenters. The Bertz CT molecular complexity index is 668. The maximum absolute atomic E-state index is 11.9. The lowest BCUT2D eigenvalue weighted by atomic mass is 10.2. The lowest BCUT2D eigenvalue weighted by molar-refractivity contribution is -0.118. The molecule has 2 aromatic rings. The number of hydrogen-bond acceptors (Lipinski definition) is 4. The molecule has 1 saturated heterocycles. The van der Waals surface area contributed by atoms with Gasteiger partial charge in [-0.15, -0.1) is 0 Å². The molecule has 1 amide bonds. The first-order valence-corrected chi connectivity index (χ1v) is 7.90. The van der Waals surface area contributed by atoms with Crippen LogP contribution in [0.4, 0.5) is 5.69 Å². The van der Waals surface area contributed by atoms with Crippen LogP contribution in [-0.4, -0.2) is 35.0 Å². The number of aromatic nitrogens is 2. The predicted molar refractivity (Wildman–Crippen MR) is 86.8 cm³/mol. The Morgan fingerprint density at radius 3 is 3.13 bits per heavy atom. The zero-order valence-electron chi connectivity index (χ0n) is 12.6. The molecule has 0 spiro atoms. The fraction of sp³-hybridized carbons (Fsp3) is 0.375. The number of anilines is 1. The normalized spacial score (nSPS) is 17.2. The molecule has 1 fully saturated rings. The minimum atomic E-state index is -0.262. The van der Waals surface area contributed by atoms with Crippen molar-refractivity contribution in [2.75, 3.05) is 18.5 Å². The van der Waals surface area contributed by atoms with Crippen LogP contribution in [0, 0.1) is 0 Å². The number of benzene rings is 1. The molecule has 1 atom stereocenters. The van der Waals surface area contributed by atoms with E-state index in [0.717, 1.165) is 19.4 Å². The van der Waals surface area contributed by atoms with E-state index >= 15 is 0 Å². The van der Waals surface area contributed by atoms with Gasteiger partial charge in [0.2, 0.25) is 0 Å². The third kappa shape index (κ3) is 4.46. The summed E-state index contributed by atoms with van der Waals surface area (Å²) in [4.78, 5) is 11.9.